The summed E-state index contributed by atoms with van der Waals surface area (Å²) in [7, 11) is 2.96. The van der Waals surface area contributed by atoms with Crippen LogP contribution in [0.5, 0.6) is 5.75 Å². The summed E-state index contributed by atoms with van der Waals surface area (Å²) in [6.45, 7) is 2.29. The average molecular weight is 479 g/mol. The minimum absolute atomic E-state index is 0.108. The third-order valence-corrected chi connectivity index (χ3v) is 6.50. The number of pyridine rings is 1. The van der Waals surface area contributed by atoms with E-state index in [9.17, 15) is 9.59 Å². The molecule has 0 unspecified atom stereocenters. The number of hydrogen-bond donors (Lipinski definition) is 1. The number of carbonyl (C=O) groups excluding carboxylic acids is 2. The van der Waals surface area contributed by atoms with E-state index in [-0.39, 0.29) is 12.3 Å². The van der Waals surface area contributed by atoms with E-state index < -0.39 is 12.0 Å². The summed E-state index contributed by atoms with van der Waals surface area (Å²) in [5, 5.41) is 5.60. The number of methoxy groups -OCH3 is 2. The number of aromatic nitrogens is 1. The van der Waals surface area contributed by atoms with E-state index >= 15 is 0 Å². The number of nitrogens with zero attached hydrogens (tertiary/aromatic N) is 3. The first kappa shape index (κ1) is 23.6. The van der Waals surface area contributed by atoms with Crippen molar-refractivity contribution in [2.75, 3.05) is 20.8 Å². The van der Waals surface area contributed by atoms with Gasteiger partial charge in [-0.15, -0.1) is 0 Å². The summed E-state index contributed by atoms with van der Waals surface area (Å²) >= 11 is 1.44. The lowest BCUT2D eigenvalue weighted by atomic mass is 9.94. The number of carbonyl (C=O) groups is 2. The predicted molar refractivity (Wildman–Crippen MR) is 131 cm³/mol. The van der Waals surface area contributed by atoms with E-state index in [0.717, 1.165) is 22.1 Å². The lowest BCUT2D eigenvalue weighted by molar-refractivity contribution is -0.136. The second-order valence-corrected chi connectivity index (χ2v) is 8.59. The van der Waals surface area contributed by atoms with E-state index in [1.165, 1.54) is 18.9 Å². The maximum absolute atomic E-state index is 12.8. The number of allylic oxidation sites excluding steroid dienone is 1. The van der Waals surface area contributed by atoms with E-state index in [0.29, 0.717) is 30.0 Å². The van der Waals surface area contributed by atoms with Crippen molar-refractivity contribution in [1.29, 1.82) is 0 Å². The molecule has 0 spiro atoms. The predicted octanol–water partition coefficient (Wildman–Crippen LogP) is 3.59. The Morgan fingerprint density at radius 1 is 1.15 bits per heavy atom. The van der Waals surface area contributed by atoms with Gasteiger partial charge in [-0.1, -0.05) is 30.0 Å². The van der Waals surface area contributed by atoms with Gasteiger partial charge in [0.05, 0.1) is 38.0 Å². The van der Waals surface area contributed by atoms with Crippen LogP contribution in [0, 0.1) is 0 Å². The molecule has 0 aliphatic carbocycles. The number of rotatable bonds is 8. The highest BCUT2D eigenvalue weighted by Gasteiger charge is 2.40. The molecule has 0 bridgehead atoms. The summed E-state index contributed by atoms with van der Waals surface area (Å²) in [5.41, 5.74) is 3.61. The number of amidine groups is 1. The van der Waals surface area contributed by atoms with Crippen LogP contribution < -0.4 is 10.1 Å². The monoisotopic (exact) mass is 478 g/mol. The molecule has 34 heavy (non-hydrogen) atoms. The first-order chi connectivity index (χ1) is 16.5. The van der Waals surface area contributed by atoms with Crippen LogP contribution in [-0.4, -0.2) is 47.7 Å². The van der Waals surface area contributed by atoms with E-state index in [1.807, 2.05) is 52.8 Å². The molecular weight excluding hydrogens is 452 g/mol. The molecular formula is C25H26N4O4S. The molecule has 1 aromatic heterocycles. The third-order valence-electron chi connectivity index (χ3n) is 5.61. The number of fused-ring (bicyclic) bond motifs is 1. The number of benzene rings is 1. The maximum Gasteiger partial charge on any atom is 0.338 e. The van der Waals surface area contributed by atoms with Gasteiger partial charge in [0.15, 0.2) is 5.17 Å². The maximum atomic E-state index is 12.8. The Morgan fingerprint density at radius 3 is 2.62 bits per heavy atom. The number of esters is 1. The van der Waals surface area contributed by atoms with Gasteiger partial charge >= 0.3 is 5.97 Å². The molecule has 0 saturated carbocycles. The molecule has 1 N–H and O–H groups in total. The van der Waals surface area contributed by atoms with Gasteiger partial charge in [-0.2, -0.15) is 0 Å². The summed E-state index contributed by atoms with van der Waals surface area (Å²) in [4.78, 5) is 36.4. The Morgan fingerprint density at radius 2 is 1.94 bits per heavy atom. The van der Waals surface area contributed by atoms with Crippen LogP contribution in [-0.2, 0) is 20.7 Å². The van der Waals surface area contributed by atoms with E-state index in [2.05, 4.69) is 15.3 Å². The smallest absolute Gasteiger partial charge is 0.338 e. The molecule has 8 nitrogen and oxygen atoms in total. The molecule has 2 aliphatic rings. The quantitative estimate of drug-likeness (QED) is 0.580. The zero-order chi connectivity index (χ0) is 24.1. The number of hydrogen-bond acceptors (Lipinski definition) is 8. The largest absolute Gasteiger partial charge is 0.497 e. The van der Waals surface area contributed by atoms with Crippen molar-refractivity contribution >= 4 is 28.8 Å². The lowest BCUT2D eigenvalue weighted by Crippen LogP contribution is -2.38. The van der Waals surface area contributed by atoms with Crippen LogP contribution in [0.1, 0.15) is 30.6 Å². The van der Waals surface area contributed by atoms with Gasteiger partial charge in [-0.25, -0.2) is 9.79 Å². The molecule has 0 radical (unpaired) electrons. The van der Waals surface area contributed by atoms with Crippen LogP contribution in [0.4, 0.5) is 0 Å². The number of amides is 1. The van der Waals surface area contributed by atoms with Crippen LogP contribution in [0.3, 0.4) is 0 Å². The van der Waals surface area contributed by atoms with Gasteiger partial charge in [0.2, 0.25) is 5.91 Å². The highest BCUT2D eigenvalue weighted by molar-refractivity contribution is 8.16. The fourth-order valence-electron chi connectivity index (χ4n) is 3.95. The second-order valence-electron chi connectivity index (χ2n) is 7.76. The SMILES string of the molecule is COC(=O)C1=C(C)N=C2SC=C(CC(=O)NCCc3ccccn3)N2[C@@H]1c1ccc(OC)cc1. The van der Waals surface area contributed by atoms with Crippen LogP contribution in [0.2, 0.25) is 0 Å². The molecule has 9 heteroatoms. The lowest BCUT2D eigenvalue weighted by Gasteiger charge is -2.36. The van der Waals surface area contributed by atoms with Crippen molar-refractivity contribution in [3.05, 3.63) is 82.3 Å². The Balaban J connectivity index is 1.54. The highest BCUT2D eigenvalue weighted by Crippen LogP contribution is 2.44. The van der Waals surface area contributed by atoms with Gasteiger partial charge in [-0.05, 0) is 42.2 Å². The van der Waals surface area contributed by atoms with E-state index in [1.54, 1.807) is 20.2 Å². The summed E-state index contributed by atoms with van der Waals surface area (Å²) < 4.78 is 10.4. The standard InChI is InChI=1S/C25H26N4O4S/c1-16-22(24(31)33-3)23(17-7-9-20(32-2)10-8-17)29-19(15-34-25(29)28-16)14-21(30)27-13-11-18-6-4-5-12-26-18/h4-10,12,15,23H,11,13-14H2,1-3H3,(H,27,30)/t23-/m1/s1. The van der Waals surface area contributed by atoms with Crippen LogP contribution in [0.25, 0.3) is 0 Å². The number of nitrogens with one attached hydrogen (secondary N) is 1. The molecule has 4 rings (SSSR count). The highest BCUT2D eigenvalue weighted by atomic mass is 32.2. The van der Waals surface area contributed by atoms with Crippen molar-refractivity contribution in [2.45, 2.75) is 25.8 Å². The Bertz CT molecular complexity index is 1160. The van der Waals surface area contributed by atoms with Gasteiger partial charge in [0.25, 0.3) is 0 Å². The molecule has 0 saturated heterocycles. The summed E-state index contributed by atoms with van der Waals surface area (Å²) in [6, 6.07) is 12.8. The van der Waals surface area contributed by atoms with Crippen molar-refractivity contribution in [2.24, 2.45) is 4.99 Å². The number of aliphatic imine (C=N–C) groups is 1. The molecule has 1 atom stereocenters. The zero-order valence-electron chi connectivity index (χ0n) is 19.3. The second kappa shape index (κ2) is 10.6. The Hall–Kier alpha value is -3.59. The fraction of sp³-hybridized carbons (Fsp3) is 0.280. The minimum Gasteiger partial charge on any atom is -0.497 e. The molecule has 2 aromatic rings. The first-order valence-electron chi connectivity index (χ1n) is 10.8. The molecule has 1 aromatic carbocycles. The fourth-order valence-corrected chi connectivity index (χ4v) is 4.91. The van der Waals surface area contributed by atoms with Gasteiger partial charge in [0.1, 0.15) is 5.75 Å². The minimum atomic E-state index is -0.464. The van der Waals surface area contributed by atoms with Crippen molar-refractivity contribution in [1.82, 2.24) is 15.2 Å². The molecule has 176 valence electrons. The van der Waals surface area contributed by atoms with Crippen LogP contribution >= 0.6 is 11.8 Å². The number of ether oxygens (including phenoxy) is 2. The first-order valence-corrected chi connectivity index (χ1v) is 11.7. The Labute approximate surface area is 202 Å². The molecule has 1 amide bonds. The topological polar surface area (TPSA) is 93.1 Å². The van der Waals surface area contributed by atoms with Crippen molar-refractivity contribution in [3.63, 3.8) is 0 Å². The number of thioether (sulfide) groups is 1. The third kappa shape index (κ3) is 4.99. The average Bonchev–Trinajstić information content (AvgIpc) is 3.25. The summed E-state index contributed by atoms with van der Waals surface area (Å²) in [6.07, 6.45) is 2.55. The molecule has 2 aliphatic heterocycles. The van der Waals surface area contributed by atoms with Gasteiger partial charge < -0.3 is 19.7 Å². The van der Waals surface area contributed by atoms with E-state index in [4.69, 9.17) is 9.47 Å². The van der Waals surface area contributed by atoms with Gasteiger partial charge in [0, 0.05) is 30.6 Å². The van der Waals surface area contributed by atoms with Crippen molar-refractivity contribution < 1.29 is 19.1 Å². The van der Waals surface area contributed by atoms with Gasteiger partial charge in [-0.3, -0.25) is 9.78 Å². The molecule has 3 heterocycles. The van der Waals surface area contributed by atoms with Crippen molar-refractivity contribution in [3.8, 4) is 5.75 Å². The molecule has 0 fully saturated rings. The Kier molecular flexibility index (Phi) is 7.32. The zero-order valence-corrected chi connectivity index (χ0v) is 20.1. The van der Waals surface area contributed by atoms with Crippen LogP contribution in [0.15, 0.2) is 76.0 Å². The summed E-state index contributed by atoms with van der Waals surface area (Å²) in [5.74, 6) is 0.160. The normalized spacial score (nSPS) is 17.0.